The lowest BCUT2D eigenvalue weighted by Gasteiger charge is -2.08. The minimum Gasteiger partial charge on any atom is -0.480 e. The molecule has 0 bridgehead atoms. The molecule has 0 fully saturated rings. The Labute approximate surface area is 109 Å². The van der Waals surface area contributed by atoms with Crippen molar-refractivity contribution in [1.29, 1.82) is 0 Å². The summed E-state index contributed by atoms with van der Waals surface area (Å²) in [7, 11) is 0. The molecule has 1 aromatic rings. The van der Waals surface area contributed by atoms with E-state index in [1.807, 2.05) is 0 Å². The first-order valence-corrected chi connectivity index (χ1v) is 5.73. The Hall–Kier alpha value is -0.970. The van der Waals surface area contributed by atoms with Gasteiger partial charge < -0.3 is 14.6 Å². The third-order valence-corrected chi connectivity index (χ3v) is 2.34. The number of benzene rings is 1. The zero-order chi connectivity index (χ0) is 12.7. The number of carbonyl (C=O) groups is 1. The molecule has 0 aliphatic heterocycles. The standard InChI is InChI=1S/C11H12Cl2O4/c12-8-2-3-10(9(13)6-8)17-7-11(15)16-5-1-4-14/h2-3,6,14H,1,4-5,7H2. The fourth-order valence-corrected chi connectivity index (χ4v) is 1.48. The van der Waals surface area contributed by atoms with Crippen molar-refractivity contribution in [2.24, 2.45) is 0 Å². The Morgan fingerprint density at radius 2 is 2.12 bits per heavy atom. The van der Waals surface area contributed by atoms with E-state index in [0.717, 1.165) is 0 Å². The van der Waals surface area contributed by atoms with Crippen molar-refractivity contribution < 1.29 is 19.4 Å². The molecule has 94 valence electrons. The van der Waals surface area contributed by atoms with Crippen molar-refractivity contribution in [2.45, 2.75) is 6.42 Å². The first-order valence-electron chi connectivity index (χ1n) is 4.98. The number of esters is 1. The first-order chi connectivity index (χ1) is 8.13. The highest BCUT2D eigenvalue weighted by Gasteiger charge is 2.07. The molecule has 1 rings (SSSR count). The zero-order valence-corrected chi connectivity index (χ0v) is 10.5. The highest BCUT2D eigenvalue weighted by atomic mass is 35.5. The van der Waals surface area contributed by atoms with E-state index in [-0.39, 0.29) is 19.8 Å². The van der Waals surface area contributed by atoms with Gasteiger partial charge in [0.05, 0.1) is 11.6 Å². The molecule has 0 saturated carbocycles. The van der Waals surface area contributed by atoms with E-state index in [4.69, 9.17) is 37.8 Å². The van der Waals surface area contributed by atoms with Gasteiger partial charge in [-0.3, -0.25) is 0 Å². The third-order valence-electron chi connectivity index (χ3n) is 1.80. The molecule has 0 aliphatic carbocycles. The second-order valence-corrected chi connectivity index (χ2v) is 4.00. The van der Waals surface area contributed by atoms with Crippen LogP contribution in [0.5, 0.6) is 5.75 Å². The SMILES string of the molecule is O=C(COc1ccc(Cl)cc1Cl)OCCCO. The van der Waals surface area contributed by atoms with E-state index >= 15 is 0 Å². The summed E-state index contributed by atoms with van der Waals surface area (Å²) in [6.07, 6.45) is 0.410. The molecule has 0 atom stereocenters. The number of ether oxygens (including phenoxy) is 2. The lowest BCUT2D eigenvalue weighted by Crippen LogP contribution is -2.16. The van der Waals surface area contributed by atoms with E-state index in [9.17, 15) is 4.79 Å². The van der Waals surface area contributed by atoms with Crippen molar-refractivity contribution in [1.82, 2.24) is 0 Å². The monoisotopic (exact) mass is 278 g/mol. The Bertz CT molecular complexity index is 382. The summed E-state index contributed by atoms with van der Waals surface area (Å²) in [6, 6.07) is 4.71. The summed E-state index contributed by atoms with van der Waals surface area (Å²) in [5, 5.41) is 9.32. The van der Waals surface area contributed by atoms with Gasteiger partial charge in [0.1, 0.15) is 5.75 Å². The number of aliphatic hydroxyl groups is 1. The average Bonchev–Trinajstić information content (AvgIpc) is 2.28. The second kappa shape index (κ2) is 7.37. The van der Waals surface area contributed by atoms with E-state index in [1.165, 1.54) is 6.07 Å². The minimum atomic E-state index is -0.510. The van der Waals surface area contributed by atoms with Crippen LogP contribution in [0.1, 0.15) is 6.42 Å². The Morgan fingerprint density at radius 1 is 1.35 bits per heavy atom. The Balaban J connectivity index is 2.37. The van der Waals surface area contributed by atoms with Gasteiger partial charge in [-0.25, -0.2) is 4.79 Å². The summed E-state index contributed by atoms with van der Waals surface area (Å²) in [5.74, 6) is -0.139. The van der Waals surface area contributed by atoms with Crippen LogP contribution in [-0.4, -0.2) is 30.9 Å². The van der Waals surface area contributed by atoms with Crippen molar-refractivity contribution in [3.8, 4) is 5.75 Å². The van der Waals surface area contributed by atoms with Gasteiger partial charge in [0.2, 0.25) is 0 Å². The number of halogens is 2. The minimum absolute atomic E-state index is 0.0167. The molecule has 0 amide bonds. The molecule has 0 saturated heterocycles. The van der Waals surface area contributed by atoms with Gasteiger partial charge in [-0.2, -0.15) is 0 Å². The van der Waals surface area contributed by atoms with Crippen LogP contribution in [0.3, 0.4) is 0 Å². The third kappa shape index (κ3) is 5.26. The van der Waals surface area contributed by atoms with Crippen molar-refractivity contribution >= 4 is 29.2 Å². The Kier molecular flexibility index (Phi) is 6.11. The first kappa shape index (κ1) is 14.1. The highest BCUT2D eigenvalue weighted by Crippen LogP contribution is 2.27. The molecule has 0 radical (unpaired) electrons. The van der Waals surface area contributed by atoms with Gasteiger partial charge in [0.25, 0.3) is 0 Å². The maximum atomic E-state index is 11.2. The molecule has 0 unspecified atom stereocenters. The van der Waals surface area contributed by atoms with E-state index in [1.54, 1.807) is 12.1 Å². The van der Waals surface area contributed by atoms with Gasteiger partial charge in [-0.05, 0) is 18.2 Å². The summed E-state index contributed by atoms with van der Waals surface area (Å²) in [5.41, 5.74) is 0. The smallest absolute Gasteiger partial charge is 0.344 e. The molecule has 6 heteroatoms. The van der Waals surface area contributed by atoms with Crippen LogP contribution in [0.4, 0.5) is 0 Å². The molecule has 17 heavy (non-hydrogen) atoms. The lowest BCUT2D eigenvalue weighted by molar-refractivity contribution is -0.146. The fraction of sp³-hybridized carbons (Fsp3) is 0.364. The summed E-state index contributed by atoms with van der Waals surface area (Å²) in [4.78, 5) is 11.2. The molecule has 0 heterocycles. The number of hydrogen-bond donors (Lipinski definition) is 1. The quantitative estimate of drug-likeness (QED) is 0.641. The molecular formula is C11H12Cl2O4. The summed E-state index contributed by atoms with van der Waals surface area (Å²) < 4.78 is 9.93. The molecule has 0 aromatic heterocycles. The predicted octanol–water partition coefficient (Wildman–Crippen LogP) is 2.30. The largest absolute Gasteiger partial charge is 0.480 e. The van der Waals surface area contributed by atoms with Crippen LogP contribution in [0.2, 0.25) is 10.0 Å². The number of hydrogen-bond acceptors (Lipinski definition) is 4. The van der Waals surface area contributed by atoms with Gasteiger partial charge in [-0.15, -0.1) is 0 Å². The van der Waals surface area contributed by atoms with Crippen molar-refractivity contribution in [3.63, 3.8) is 0 Å². The topological polar surface area (TPSA) is 55.8 Å². The van der Waals surface area contributed by atoms with Crippen LogP contribution in [0.25, 0.3) is 0 Å². The van der Waals surface area contributed by atoms with E-state index < -0.39 is 5.97 Å². The maximum Gasteiger partial charge on any atom is 0.344 e. The summed E-state index contributed by atoms with van der Waals surface area (Å²) >= 11 is 11.6. The van der Waals surface area contributed by atoms with Crippen LogP contribution in [0.15, 0.2) is 18.2 Å². The molecule has 1 aromatic carbocycles. The number of carbonyl (C=O) groups excluding carboxylic acids is 1. The normalized spacial score (nSPS) is 10.1. The van der Waals surface area contributed by atoms with Crippen molar-refractivity contribution in [2.75, 3.05) is 19.8 Å². The Morgan fingerprint density at radius 3 is 2.76 bits per heavy atom. The fourth-order valence-electron chi connectivity index (χ4n) is 1.02. The lowest BCUT2D eigenvalue weighted by atomic mass is 10.3. The van der Waals surface area contributed by atoms with Crippen LogP contribution >= 0.6 is 23.2 Å². The van der Waals surface area contributed by atoms with E-state index in [0.29, 0.717) is 22.2 Å². The van der Waals surface area contributed by atoms with Crippen LogP contribution in [-0.2, 0) is 9.53 Å². The van der Waals surface area contributed by atoms with E-state index in [2.05, 4.69) is 0 Å². The van der Waals surface area contributed by atoms with Gasteiger partial charge in [-0.1, -0.05) is 23.2 Å². The van der Waals surface area contributed by atoms with Crippen LogP contribution < -0.4 is 4.74 Å². The highest BCUT2D eigenvalue weighted by molar-refractivity contribution is 6.35. The molecular weight excluding hydrogens is 267 g/mol. The second-order valence-electron chi connectivity index (χ2n) is 3.16. The number of rotatable bonds is 6. The molecule has 4 nitrogen and oxygen atoms in total. The molecule has 1 N–H and O–H groups in total. The van der Waals surface area contributed by atoms with Gasteiger partial charge in [0, 0.05) is 18.1 Å². The van der Waals surface area contributed by atoms with Gasteiger partial charge >= 0.3 is 5.97 Å². The molecule has 0 spiro atoms. The average molecular weight is 279 g/mol. The molecule has 0 aliphatic rings. The van der Waals surface area contributed by atoms with Crippen LogP contribution in [0, 0.1) is 0 Å². The van der Waals surface area contributed by atoms with Crippen molar-refractivity contribution in [3.05, 3.63) is 28.2 Å². The maximum absolute atomic E-state index is 11.2. The van der Waals surface area contributed by atoms with Gasteiger partial charge in [0.15, 0.2) is 6.61 Å². The zero-order valence-electron chi connectivity index (χ0n) is 8.99. The number of aliphatic hydroxyl groups excluding tert-OH is 1. The predicted molar refractivity (Wildman–Crippen MR) is 64.6 cm³/mol. The summed E-state index contributed by atoms with van der Waals surface area (Å²) in [6.45, 7) is -0.0724.